The lowest BCUT2D eigenvalue weighted by Crippen LogP contribution is -2.05. The molecule has 0 atom stereocenters. The molecule has 0 radical (unpaired) electrons. The Balaban J connectivity index is 1.89. The standard InChI is InChI=1S/C20H19Cl2N7O2/c1-29-9-10(7-26-29)6-25-19-11-4-15(23)24-8-12(11)27-20(28-19)16-17(21)13(30-2)5-14(31-3)18(16)22/h4-5,7-9H,6H2,1-3H3,(H2,23,24)(H,25,27,28). The molecule has 4 rings (SSSR count). The number of nitrogens with zero attached hydrogens (tertiary/aromatic N) is 5. The number of fused-ring (bicyclic) bond motifs is 1. The van der Waals surface area contributed by atoms with Gasteiger partial charge in [-0.3, -0.25) is 4.68 Å². The molecule has 0 spiro atoms. The third kappa shape index (κ3) is 4.01. The van der Waals surface area contributed by atoms with Crippen LogP contribution in [0.1, 0.15) is 5.56 Å². The quantitative estimate of drug-likeness (QED) is 0.445. The molecule has 11 heteroatoms. The van der Waals surface area contributed by atoms with Crippen molar-refractivity contribution in [1.29, 1.82) is 0 Å². The van der Waals surface area contributed by atoms with E-state index < -0.39 is 0 Å². The van der Waals surface area contributed by atoms with E-state index in [0.29, 0.717) is 52.0 Å². The van der Waals surface area contributed by atoms with Crippen molar-refractivity contribution in [2.24, 2.45) is 7.05 Å². The third-order valence-corrected chi connectivity index (χ3v) is 5.37. The zero-order chi connectivity index (χ0) is 22.1. The molecule has 0 unspecified atom stereocenters. The molecule has 160 valence electrons. The summed E-state index contributed by atoms with van der Waals surface area (Å²) in [5, 5.41) is 8.75. The van der Waals surface area contributed by atoms with Gasteiger partial charge in [-0.2, -0.15) is 5.10 Å². The van der Waals surface area contributed by atoms with Crippen LogP contribution < -0.4 is 20.5 Å². The SMILES string of the molecule is COc1cc(OC)c(Cl)c(-c2nc(NCc3cnn(C)c3)c3cc(N)ncc3n2)c1Cl. The maximum atomic E-state index is 6.57. The molecule has 0 saturated heterocycles. The van der Waals surface area contributed by atoms with Gasteiger partial charge in [0, 0.05) is 36.8 Å². The molecule has 31 heavy (non-hydrogen) atoms. The van der Waals surface area contributed by atoms with Gasteiger partial charge in [0.25, 0.3) is 0 Å². The van der Waals surface area contributed by atoms with Crippen LogP contribution >= 0.6 is 23.2 Å². The summed E-state index contributed by atoms with van der Waals surface area (Å²) >= 11 is 13.1. The topological polar surface area (TPSA) is 113 Å². The highest BCUT2D eigenvalue weighted by Gasteiger charge is 2.22. The van der Waals surface area contributed by atoms with Crippen molar-refractivity contribution < 1.29 is 9.47 Å². The van der Waals surface area contributed by atoms with E-state index in [4.69, 9.17) is 43.4 Å². The summed E-state index contributed by atoms with van der Waals surface area (Å²) in [6, 6.07) is 3.32. The zero-order valence-electron chi connectivity index (χ0n) is 17.0. The molecule has 1 aromatic carbocycles. The van der Waals surface area contributed by atoms with Gasteiger partial charge in [-0.05, 0) is 6.07 Å². The van der Waals surface area contributed by atoms with E-state index >= 15 is 0 Å². The van der Waals surface area contributed by atoms with Gasteiger partial charge in [-0.25, -0.2) is 15.0 Å². The number of ether oxygens (including phenoxy) is 2. The Hall–Kier alpha value is -3.30. The fourth-order valence-corrected chi connectivity index (χ4v) is 3.80. The lowest BCUT2D eigenvalue weighted by molar-refractivity contribution is 0.395. The van der Waals surface area contributed by atoms with Crippen LogP contribution in [0, 0.1) is 0 Å². The number of hydrogen-bond donors (Lipinski definition) is 2. The second-order valence-electron chi connectivity index (χ2n) is 6.68. The first kappa shape index (κ1) is 21.0. The summed E-state index contributed by atoms with van der Waals surface area (Å²) in [5.74, 6) is 1.98. The second kappa shape index (κ2) is 8.44. The highest BCUT2D eigenvalue weighted by atomic mass is 35.5. The number of nitrogen functional groups attached to an aromatic ring is 1. The number of anilines is 2. The van der Waals surface area contributed by atoms with Crippen LogP contribution in [0.3, 0.4) is 0 Å². The number of aryl methyl sites for hydroxylation is 1. The Morgan fingerprint density at radius 1 is 1.06 bits per heavy atom. The molecule has 0 fully saturated rings. The predicted molar refractivity (Wildman–Crippen MR) is 121 cm³/mol. The second-order valence-corrected chi connectivity index (χ2v) is 7.44. The molecule has 9 nitrogen and oxygen atoms in total. The van der Waals surface area contributed by atoms with Gasteiger partial charge in [0.05, 0.1) is 47.7 Å². The normalized spacial score (nSPS) is 11.0. The first-order valence-electron chi connectivity index (χ1n) is 9.16. The van der Waals surface area contributed by atoms with Crippen molar-refractivity contribution in [3.05, 3.63) is 46.3 Å². The fourth-order valence-electron chi connectivity index (χ4n) is 3.13. The van der Waals surface area contributed by atoms with E-state index in [-0.39, 0.29) is 10.0 Å². The summed E-state index contributed by atoms with van der Waals surface area (Å²) in [5.41, 5.74) is 7.84. The summed E-state index contributed by atoms with van der Waals surface area (Å²) in [7, 11) is 4.87. The average molecular weight is 460 g/mol. The number of hydrogen-bond acceptors (Lipinski definition) is 8. The summed E-state index contributed by atoms with van der Waals surface area (Å²) < 4.78 is 12.5. The van der Waals surface area contributed by atoms with Crippen LogP contribution in [0.2, 0.25) is 10.0 Å². The van der Waals surface area contributed by atoms with Crippen molar-refractivity contribution in [2.45, 2.75) is 6.54 Å². The number of aromatic nitrogens is 5. The Labute approximate surface area is 188 Å². The van der Waals surface area contributed by atoms with Gasteiger partial charge < -0.3 is 20.5 Å². The minimum atomic E-state index is 0.272. The molecule has 0 bridgehead atoms. The molecular formula is C20H19Cl2N7O2. The number of nitrogens with one attached hydrogen (secondary N) is 1. The van der Waals surface area contributed by atoms with E-state index in [1.165, 1.54) is 14.2 Å². The van der Waals surface area contributed by atoms with Gasteiger partial charge in [-0.1, -0.05) is 23.2 Å². The number of nitrogens with two attached hydrogens (primary N) is 1. The van der Waals surface area contributed by atoms with Crippen LogP contribution in [0.4, 0.5) is 11.6 Å². The van der Waals surface area contributed by atoms with E-state index in [0.717, 1.165) is 5.56 Å². The molecule has 0 aliphatic rings. The van der Waals surface area contributed by atoms with Crippen LogP contribution in [-0.4, -0.2) is 39.0 Å². The van der Waals surface area contributed by atoms with E-state index in [9.17, 15) is 0 Å². The molecule has 0 saturated carbocycles. The predicted octanol–water partition coefficient (Wildman–Crippen LogP) is 3.94. The van der Waals surface area contributed by atoms with Crippen molar-refractivity contribution >= 4 is 45.7 Å². The minimum Gasteiger partial charge on any atom is -0.495 e. The molecule has 3 heterocycles. The monoisotopic (exact) mass is 459 g/mol. The van der Waals surface area contributed by atoms with Crippen molar-refractivity contribution in [3.63, 3.8) is 0 Å². The average Bonchev–Trinajstić information content (AvgIpc) is 3.17. The lowest BCUT2D eigenvalue weighted by Gasteiger charge is -2.15. The van der Waals surface area contributed by atoms with Crippen LogP contribution in [0.25, 0.3) is 22.3 Å². The minimum absolute atomic E-state index is 0.272. The van der Waals surface area contributed by atoms with Crippen LogP contribution in [0.15, 0.2) is 30.7 Å². The van der Waals surface area contributed by atoms with Crippen LogP contribution in [-0.2, 0) is 13.6 Å². The van der Waals surface area contributed by atoms with Gasteiger partial charge in [-0.15, -0.1) is 0 Å². The molecular weight excluding hydrogens is 441 g/mol. The number of pyridine rings is 1. The largest absolute Gasteiger partial charge is 0.495 e. The fraction of sp³-hybridized carbons (Fsp3) is 0.200. The summed E-state index contributed by atoms with van der Waals surface area (Å²) in [6.07, 6.45) is 5.26. The highest BCUT2D eigenvalue weighted by molar-refractivity contribution is 6.41. The molecule has 3 N–H and O–H groups in total. The van der Waals surface area contributed by atoms with Gasteiger partial charge >= 0.3 is 0 Å². The van der Waals surface area contributed by atoms with E-state index in [1.807, 2.05) is 13.2 Å². The van der Waals surface area contributed by atoms with Crippen LogP contribution in [0.5, 0.6) is 11.5 Å². The summed E-state index contributed by atoms with van der Waals surface area (Å²) in [4.78, 5) is 13.5. The molecule has 3 aromatic heterocycles. The van der Waals surface area contributed by atoms with Gasteiger partial charge in [0.1, 0.15) is 23.1 Å². The smallest absolute Gasteiger partial charge is 0.165 e. The van der Waals surface area contributed by atoms with Gasteiger partial charge in [0.15, 0.2) is 5.82 Å². The first-order chi connectivity index (χ1) is 14.9. The Kier molecular flexibility index (Phi) is 5.71. The van der Waals surface area contributed by atoms with E-state index in [2.05, 4.69) is 20.4 Å². The van der Waals surface area contributed by atoms with E-state index in [1.54, 1.807) is 29.2 Å². The van der Waals surface area contributed by atoms with Crippen molar-refractivity contribution in [3.8, 4) is 22.9 Å². The maximum absolute atomic E-state index is 6.57. The van der Waals surface area contributed by atoms with Crippen molar-refractivity contribution in [1.82, 2.24) is 24.7 Å². The molecule has 4 aromatic rings. The Morgan fingerprint density at radius 3 is 2.39 bits per heavy atom. The van der Waals surface area contributed by atoms with Crippen molar-refractivity contribution in [2.75, 3.05) is 25.3 Å². The zero-order valence-corrected chi connectivity index (χ0v) is 18.5. The maximum Gasteiger partial charge on any atom is 0.165 e. The summed E-state index contributed by atoms with van der Waals surface area (Å²) in [6.45, 7) is 0.491. The number of methoxy groups -OCH3 is 2. The molecule has 0 aliphatic carbocycles. The third-order valence-electron chi connectivity index (χ3n) is 4.62. The number of rotatable bonds is 6. The molecule has 0 aliphatic heterocycles. The Morgan fingerprint density at radius 2 is 1.77 bits per heavy atom. The molecule has 0 amide bonds. The lowest BCUT2D eigenvalue weighted by atomic mass is 10.1. The highest BCUT2D eigenvalue weighted by Crippen LogP contribution is 2.45. The Bertz CT molecular complexity index is 1250. The number of halogens is 2. The van der Waals surface area contributed by atoms with Gasteiger partial charge in [0.2, 0.25) is 0 Å². The number of benzene rings is 1. The first-order valence-corrected chi connectivity index (χ1v) is 9.91.